The maximum atomic E-state index is 13.6. The van der Waals surface area contributed by atoms with E-state index in [4.69, 9.17) is 0 Å². The molecule has 0 N–H and O–H groups in total. The van der Waals surface area contributed by atoms with Gasteiger partial charge in [0, 0.05) is 0 Å². The zero-order valence-corrected chi connectivity index (χ0v) is 12.7. The average Bonchev–Trinajstić information content (AvgIpc) is 2.54. The van der Waals surface area contributed by atoms with Crippen molar-refractivity contribution in [2.75, 3.05) is 0 Å². The quantitative estimate of drug-likeness (QED) is 0.481. The number of alkyl halides is 17. The maximum absolute atomic E-state index is 13.6. The van der Waals surface area contributed by atoms with Crippen LogP contribution in [0.2, 0.25) is 0 Å². The minimum Gasteiger partial charge on any atom is -0.333 e. The predicted molar refractivity (Wildman–Crippen MR) is 55.2 cm³/mol. The lowest BCUT2D eigenvalue weighted by atomic mass is 9.88. The van der Waals surface area contributed by atoms with E-state index in [2.05, 4.69) is 4.74 Å². The van der Waals surface area contributed by atoms with Crippen LogP contribution in [0.15, 0.2) is 0 Å². The van der Waals surface area contributed by atoms with Crippen LogP contribution in [0.3, 0.4) is 0 Å². The van der Waals surface area contributed by atoms with Gasteiger partial charge < -0.3 is 4.74 Å². The van der Waals surface area contributed by atoms with Crippen LogP contribution in [0.4, 0.5) is 74.6 Å². The van der Waals surface area contributed by atoms with Crippen molar-refractivity contribution < 1.29 is 79.4 Å². The van der Waals surface area contributed by atoms with Gasteiger partial charge in [-0.2, -0.15) is 57.1 Å². The molecule has 1 saturated heterocycles. The van der Waals surface area contributed by atoms with Gasteiger partial charge in [-0.05, 0) is 0 Å². The number of halogens is 17. The fourth-order valence-corrected chi connectivity index (χ4v) is 2.02. The summed E-state index contributed by atoms with van der Waals surface area (Å²) >= 11 is 0. The molecule has 1 heterocycles. The first-order chi connectivity index (χ1) is 12.5. The topological polar surface area (TPSA) is 9.23 Å². The molecule has 29 heavy (non-hydrogen) atoms. The van der Waals surface area contributed by atoms with Gasteiger partial charge in [-0.1, -0.05) is 0 Å². The Labute approximate surface area is 147 Å². The predicted octanol–water partition coefficient (Wildman–Crippen LogP) is 5.43. The van der Waals surface area contributed by atoms with Crippen molar-refractivity contribution in [1.82, 2.24) is 0 Å². The normalized spacial score (nSPS) is 31.1. The van der Waals surface area contributed by atoms with Gasteiger partial charge in [0.15, 0.2) is 24.6 Å². The molecule has 0 aliphatic carbocycles. The van der Waals surface area contributed by atoms with Gasteiger partial charge in [0.25, 0.3) is 0 Å². The van der Waals surface area contributed by atoms with E-state index in [1.54, 1.807) is 0 Å². The molecule has 0 amide bonds. The van der Waals surface area contributed by atoms with Crippen molar-refractivity contribution in [2.45, 2.75) is 66.8 Å². The van der Waals surface area contributed by atoms with Crippen molar-refractivity contribution >= 4 is 0 Å². The van der Waals surface area contributed by atoms with Crippen LogP contribution in [0, 0.1) is 0 Å². The van der Waals surface area contributed by atoms with Crippen molar-refractivity contribution in [2.24, 2.45) is 0 Å². The summed E-state index contributed by atoms with van der Waals surface area (Å²) in [6.07, 6.45) is -28.8. The fourth-order valence-electron chi connectivity index (χ4n) is 2.02. The molecule has 174 valence electrons. The Morgan fingerprint density at radius 3 is 1.21 bits per heavy atom. The van der Waals surface area contributed by atoms with Gasteiger partial charge in [-0.25, -0.2) is 17.6 Å². The maximum Gasteiger partial charge on any atom is 0.460 e. The van der Waals surface area contributed by atoms with Gasteiger partial charge in [0.05, 0.1) is 0 Å². The second kappa shape index (κ2) is 6.90. The molecular weight excluding hydrogens is 471 g/mol. The molecule has 1 nitrogen and oxygen atoms in total. The highest BCUT2D eigenvalue weighted by Gasteiger charge is 2.92. The molecule has 5 unspecified atom stereocenters. The summed E-state index contributed by atoms with van der Waals surface area (Å²) in [5.41, 5.74) is 0. The Bertz CT molecular complexity index is 597. The van der Waals surface area contributed by atoms with Crippen molar-refractivity contribution in [3.05, 3.63) is 0 Å². The Hall–Kier alpha value is -1.23. The first-order valence-corrected chi connectivity index (χ1v) is 6.67. The summed E-state index contributed by atoms with van der Waals surface area (Å²) < 4.78 is 222. The monoisotopic (exact) mass is 476 g/mol. The molecular formula is C11H5F17O. The van der Waals surface area contributed by atoms with Crippen LogP contribution in [-0.4, -0.2) is 66.8 Å². The molecule has 1 fully saturated rings. The van der Waals surface area contributed by atoms with Crippen molar-refractivity contribution in [1.29, 1.82) is 0 Å². The summed E-state index contributed by atoms with van der Waals surface area (Å²) in [7, 11) is 0. The van der Waals surface area contributed by atoms with Gasteiger partial charge in [-0.15, -0.1) is 0 Å². The van der Waals surface area contributed by atoms with Gasteiger partial charge in [0.1, 0.15) is 0 Å². The third-order valence-corrected chi connectivity index (χ3v) is 3.74. The lowest BCUT2D eigenvalue weighted by molar-refractivity contribution is -0.449. The van der Waals surface area contributed by atoms with E-state index in [-0.39, 0.29) is 0 Å². The van der Waals surface area contributed by atoms with Crippen molar-refractivity contribution in [3.8, 4) is 0 Å². The minimum atomic E-state index is -8.30. The molecule has 0 radical (unpaired) electrons. The molecule has 5 atom stereocenters. The summed E-state index contributed by atoms with van der Waals surface area (Å²) in [4.78, 5) is 0. The zero-order chi connectivity index (χ0) is 23.6. The smallest absolute Gasteiger partial charge is 0.333 e. The molecule has 0 spiro atoms. The van der Waals surface area contributed by atoms with Crippen LogP contribution in [0.25, 0.3) is 0 Å². The third-order valence-electron chi connectivity index (χ3n) is 3.74. The largest absolute Gasteiger partial charge is 0.460 e. The Balaban J connectivity index is 3.50. The highest BCUT2D eigenvalue weighted by molar-refractivity contribution is 5.13. The number of hydrogen-bond donors (Lipinski definition) is 0. The fraction of sp³-hybridized carbons (Fsp3) is 1.00. The van der Waals surface area contributed by atoms with Crippen LogP contribution in [-0.2, 0) is 4.74 Å². The van der Waals surface area contributed by atoms with E-state index in [0.717, 1.165) is 0 Å². The van der Waals surface area contributed by atoms with E-state index in [1.165, 1.54) is 0 Å². The van der Waals surface area contributed by atoms with E-state index in [1.807, 2.05) is 0 Å². The van der Waals surface area contributed by atoms with E-state index in [0.29, 0.717) is 0 Å². The second-order valence-electron chi connectivity index (χ2n) is 5.66. The standard InChI is InChI=1S/C11H5F17O/c12-1-2(13)4(29-5(15)3(1)14)6(16,17)7(18,19)8(20,21)9(22,23)10(24,25)11(26,27)28/h1-5H. The summed E-state index contributed by atoms with van der Waals surface area (Å²) in [5, 5.41) is 0. The van der Waals surface area contributed by atoms with Crippen molar-refractivity contribution in [3.63, 3.8) is 0 Å². The van der Waals surface area contributed by atoms with Crippen LogP contribution >= 0.6 is 0 Å². The van der Waals surface area contributed by atoms with Gasteiger partial charge in [0.2, 0.25) is 6.36 Å². The average molecular weight is 476 g/mol. The summed E-state index contributed by atoms with van der Waals surface area (Å²) in [5.74, 6) is -39.9. The molecule has 1 rings (SSSR count). The number of rotatable bonds is 5. The first-order valence-electron chi connectivity index (χ1n) is 6.67. The lowest BCUT2D eigenvalue weighted by Gasteiger charge is -2.44. The highest BCUT2D eigenvalue weighted by atomic mass is 19.4. The number of hydrogen-bond acceptors (Lipinski definition) is 1. The van der Waals surface area contributed by atoms with E-state index in [9.17, 15) is 74.6 Å². The summed E-state index contributed by atoms with van der Waals surface area (Å²) in [6.45, 7) is 0. The van der Waals surface area contributed by atoms with Crippen LogP contribution < -0.4 is 0 Å². The van der Waals surface area contributed by atoms with Gasteiger partial charge >= 0.3 is 35.8 Å². The van der Waals surface area contributed by atoms with E-state index < -0.39 is 66.8 Å². The molecule has 0 aromatic carbocycles. The zero-order valence-electron chi connectivity index (χ0n) is 12.7. The molecule has 1 aliphatic rings. The molecule has 0 saturated carbocycles. The summed E-state index contributed by atoms with van der Waals surface area (Å²) in [6, 6.07) is 0. The number of ether oxygens (including phenoxy) is 1. The highest BCUT2D eigenvalue weighted by Crippen LogP contribution is 2.61. The van der Waals surface area contributed by atoms with Crippen LogP contribution in [0.5, 0.6) is 0 Å². The Morgan fingerprint density at radius 1 is 0.448 bits per heavy atom. The third kappa shape index (κ3) is 3.37. The van der Waals surface area contributed by atoms with Crippen LogP contribution in [0.1, 0.15) is 0 Å². The Kier molecular flexibility index (Phi) is 6.14. The second-order valence-corrected chi connectivity index (χ2v) is 5.66. The molecule has 0 aromatic heterocycles. The lowest BCUT2D eigenvalue weighted by Crippen LogP contribution is -2.73. The SMILES string of the molecule is FC1OC(C(F)(F)C(F)(F)C(F)(F)C(F)(F)C(F)(F)C(F)(F)F)C(F)C(F)C1F. The first kappa shape index (κ1) is 25.8. The molecule has 0 aromatic rings. The minimum absolute atomic E-state index is 2.92. The molecule has 1 aliphatic heterocycles. The van der Waals surface area contributed by atoms with E-state index >= 15 is 0 Å². The van der Waals surface area contributed by atoms with Gasteiger partial charge in [-0.3, -0.25) is 0 Å². The Morgan fingerprint density at radius 2 is 0.828 bits per heavy atom. The molecule has 18 heteroatoms. The molecule has 0 bridgehead atoms.